The molecule has 19 heavy (non-hydrogen) atoms. The van der Waals surface area contributed by atoms with Crippen molar-refractivity contribution in [2.45, 2.75) is 91.6 Å². The van der Waals surface area contributed by atoms with Crippen molar-refractivity contribution < 1.29 is 0 Å². The van der Waals surface area contributed by atoms with Gasteiger partial charge in [0.15, 0.2) is 0 Å². The molecular formula is C18H35N. The first kappa shape index (κ1) is 15.4. The number of nitrogens with one attached hydrogen (secondary N) is 1. The van der Waals surface area contributed by atoms with Gasteiger partial charge in [-0.15, -0.1) is 0 Å². The van der Waals surface area contributed by atoms with Crippen molar-refractivity contribution in [3.05, 3.63) is 0 Å². The number of hydrogen-bond acceptors (Lipinski definition) is 1. The fourth-order valence-electron chi connectivity index (χ4n) is 4.23. The SMILES string of the molecule is CCC(C)(C)C1CCC(NC2CCC(C)C2C)CC1. The Kier molecular flexibility index (Phi) is 4.98. The molecule has 0 amide bonds. The predicted molar refractivity (Wildman–Crippen MR) is 84.3 cm³/mol. The van der Waals surface area contributed by atoms with Crippen molar-refractivity contribution >= 4 is 0 Å². The first-order chi connectivity index (χ1) is 8.94. The summed E-state index contributed by atoms with van der Waals surface area (Å²) in [4.78, 5) is 0. The molecule has 0 bridgehead atoms. The van der Waals surface area contributed by atoms with E-state index in [2.05, 4.69) is 39.9 Å². The van der Waals surface area contributed by atoms with Crippen LogP contribution in [0, 0.1) is 23.2 Å². The third kappa shape index (κ3) is 3.54. The van der Waals surface area contributed by atoms with Crippen LogP contribution in [0.1, 0.15) is 79.6 Å². The fraction of sp³-hybridized carbons (Fsp3) is 1.00. The third-order valence-corrected chi connectivity index (χ3v) is 6.66. The zero-order valence-corrected chi connectivity index (χ0v) is 13.8. The molecule has 0 heterocycles. The molecule has 0 aliphatic heterocycles. The highest BCUT2D eigenvalue weighted by Crippen LogP contribution is 2.41. The Morgan fingerprint density at radius 3 is 2.05 bits per heavy atom. The van der Waals surface area contributed by atoms with Gasteiger partial charge in [0.1, 0.15) is 0 Å². The van der Waals surface area contributed by atoms with E-state index in [4.69, 9.17) is 0 Å². The zero-order valence-electron chi connectivity index (χ0n) is 13.8. The molecule has 2 rings (SSSR count). The highest BCUT2D eigenvalue weighted by Gasteiger charge is 2.35. The number of hydrogen-bond donors (Lipinski definition) is 1. The molecule has 0 aromatic heterocycles. The molecule has 0 aromatic rings. The van der Waals surface area contributed by atoms with Crippen LogP contribution < -0.4 is 5.32 Å². The summed E-state index contributed by atoms with van der Waals surface area (Å²) < 4.78 is 0. The molecule has 2 saturated carbocycles. The van der Waals surface area contributed by atoms with E-state index in [1.807, 2.05) is 0 Å². The Bertz CT molecular complexity index is 275. The van der Waals surface area contributed by atoms with Gasteiger partial charge in [-0.05, 0) is 61.7 Å². The standard InChI is InChI=1S/C18H35N/c1-6-18(4,5)15-8-10-16(11-9-15)19-17-12-7-13(2)14(17)3/h13-17,19H,6-12H2,1-5H3. The molecule has 1 nitrogen and oxygen atoms in total. The first-order valence-electron chi connectivity index (χ1n) is 8.70. The Hall–Kier alpha value is -0.0400. The van der Waals surface area contributed by atoms with Gasteiger partial charge in [-0.25, -0.2) is 0 Å². The van der Waals surface area contributed by atoms with Crippen molar-refractivity contribution in [3.63, 3.8) is 0 Å². The smallest absolute Gasteiger partial charge is 0.00979 e. The van der Waals surface area contributed by atoms with Crippen LogP contribution in [0.4, 0.5) is 0 Å². The quantitative estimate of drug-likeness (QED) is 0.754. The van der Waals surface area contributed by atoms with Crippen LogP contribution in [-0.2, 0) is 0 Å². The second kappa shape index (κ2) is 6.16. The molecule has 0 radical (unpaired) electrons. The van der Waals surface area contributed by atoms with Gasteiger partial charge in [-0.3, -0.25) is 0 Å². The molecular weight excluding hydrogens is 230 g/mol. The van der Waals surface area contributed by atoms with E-state index >= 15 is 0 Å². The Balaban J connectivity index is 1.78. The average molecular weight is 265 g/mol. The minimum atomic E-state index is 0.556. The minimum absolute atomic E-state index is 0.556. The molecule has 2 fully saturated rings. The van der Waals surface area contributed by atoms with Gasteiger partial charge >= 0.3 is 0 Å². The second-order valence-electron chi connectivity index (χ2n) is 8.08. The summed E-state index contributed by atoms with van der Waals surface area (Å²) in [5.74, 6) is 2.76. The van der Waals surface area contributed by atoms with Crippen LogP contribution in [0.3, 0.4) is 0 Å². The van der Waals surface area contributed by atoms with Gasteiger partial charge < -0.3 is 5.32 Å². The van der Waals surface area contributed by atoms with Crippen LogP contribution in [0.5, 0.6) is 0 Å². The topological polar surface area (TPSA) is 12.0 Å². The minimum Gasteiger partial charge on any atom is -0.311 e. The predicted octanol–water partition coefficient (Wildman–Crippen LogP) is 5.01. The summed E-state index contributed by atoms with van der Waals surface area (Å²) in [6, 6.07) is 1.61. The third-order valence-electron chi connectivity index (χ3n) is 6.66. The molecule has 0 saturated heterocycles. The molecule has 3 unspecified atom stereocenters. The largest absolute Gasteiger partial charge is 0.311 e. The van der Waals surface area contributed by atoms with Crippen LogP contribution in [0.15, 0.2) is 0 Å². The van der Waals surface area contributed by atoms with Crippen LogP contribution in [-0.4, -0.2) is 12.1 Å². The van der Waals surface area contributed by atoms with Crippen LogP contribution in [0.2, 0.25) is 0 Å². The summed E-state index contributed by atoms with van der Waals surface area (Å²) in [6.07, 6.45) is 9.86. The van der Waals surface area contributed by atoms with E-state index < -0.39 is 0 Å². The van der Waals surface area contributed by atoms with Crippen molar-refractivity contribution in [1.29, 1.82) is 0 Å². The highest BCUT2D eigenvalue weighted by atomic mass is 15.0. The monoisotopic (exact) mass is 265 g/mol. The van der Waals surface area contributed by atoms with Gasteiger partial charge in [0, 0.05) is 12.1 Å². The highest BCUT2D eigenvalue weighted by molar-refractivity contribution is 4.90. The Morgan fingerprint density at radius 1 is 0.947 bits per heavy atom. The van der Waals surface area contributed by atoms with Crippen molar-refractivity contribution in [3.8, 4) is 0 Å². The van der Waals surface area contributed by atoms with E-state index in [0.717, 1.165) is 29.8 Å². The van der Waals surface area contributed by atoms with Crippen LogP contribution >= 0.6 is 0 Å². The molecule has 1 N–H and O–H groups in total. The van der Waals surface area contributed by atoms with Crippen molar-refractivity contribution in [1.82, 2.24) is 5.32 Å². The zero-order chi connectivity index (χ0) is 14.0. The van der Waals surface area contributed by atoms with E-state index in [1.54, 1.807) is 0 Å². The van der Waals surface area contributed by atoms with Gasteiger partial charge in [-0.2, -0.15) is 0 Å². The Labute approximate surface area is 120 Å². The van der Waals surface area contributed by atoms with Crippen LogP contribution in [0.25, 0.3) is 0 Å². The van der Waals surface area contributed by atoms with E-state index in [-0.39, 0.29) is 0 Å². The lowest BCUT2D eigenvalue weighted by atomic mass is 9.69. The number of rotatable bonds is 4. The summed E-state index contributed by atoms with van der Waals surface area (Å²) >= 11 is 0. The first-order valence-corrected chi connectivity index (χ1v) is 8.70. The summed E-state index contributed by atoms with van der Waals surface area (Å²) in [5.41, 5.74) is 0.556. The van der Waals surface area contributed by atoms with Gasteiger partial charge in [0.05, 0.1) is 0 Å². The maximum Gasteiger partial charge on any atom is 0.00979 e. The normalized spacial score (nSPS) is 40.6. The Morgan fingerprint density at radius 2 is 1.58 bits per heavy atom. The molecule has 3 atom stereocenters. The van der Waals surface area contributed by atoms with E-state index in [9.17, 15) is 0 Å². The maximum absolute atomic E-state index is 3.99. The molecule has 2 aliphatic carbocycles. The summed E-state index contributed by atoms with van der Waals surface area (Å²) in [7, 11) is 0. The van der Waals surface area contributed by atoms with Crippen molar-refractivity contribution in [2.75, 3.05) is 0 Å². The van der Waals surface area contributed by atoms with Gasteiger partial charge in [-0.1, -0.05) is 41.0 Å². The lowest BCUT2D eigenvalue weighted by Crippen LogP contribution is -2.43. The maximum atomic E-state index is 3.99. The van der Waals surface area contributed by atoms with Gasteiger partial charge in [0.25, 0.3) is 0 Å². The fourth-order valence-corrected chi connectivity index (χ4v) is 4.23. The molecule has 2 aliphatic rings. The molecule has 0 spiro atoms. The summed E-state index contributed by atoms with van der Waals surface area (Å²) in [6.45, 7) is 12.2. The summed E-state index contributed by atoms with van der Waals surface area (Å²) in [5, 5.41) is 3.99. The lowest BCUT2D eigenvalue weighted by Gasteiger charge is -2.40. The van der Waals surface area contributed by atoms with E-state index in [1.165, 1.54) is 44.9 Å². The second-order valence-corrected chi connectivity index (χ2v) is 8.08. The lowest BCUT2D eigenvalue weighted by molar-refractivity contribution is 0.131. The average Bonchev–Trinajstić information content (AvgIpc) is 2.71. The van der Waals surface area contributed by atoms with Gasteiger partial charge in [0.2, 0.25) is 0 Å². The molecule has 112 valence electrons. The van der Waals surface area contributed by atoms with Crippen molar-refractivity contribution in [2.24, 2.45) is 23.2 Å². The van der Waals surface area contributed by atoms with E-state index in [0.29, 0.717) is 5.41 Å². The molecule has 1 heteroatoms. The molecule has 0 aromatic carbocycles.